The van der Waals surface area contributed by atoms with Gasteiger partial charge in [0.05, 0.1) is 11.7 Å². The SMILES string of the molecule is C[C@H]1C[C@H]2CC(=O)[C@@H]3CCC[C@@]13O2. The van der Waals surface area contributed by atoms with Crippen molar-refractivity contribution in [1.82, 2.24) is 0 Å². The van der Waals surface area contributed by atoms with Gasteiger partial charge < -0.3 is 4.74 Å². The second-order valence-corrected chi connectivity index (χ2v) is 4.95. The molecule has 0 aromatic heterocycles. The van der Waals surface area contributed by atoms with Crippen molar-refractivity contribution >= 4 is 5.78 Å². The van der Waals surface area contributed by atoms with Gasteiger partial charge in [0.25, 0.3) is 0 Å². The number of carbonyl (C=O) groups is 1. The highest BCUT2D eigenvalue weighted by atomic mass is 16.5. The fraction of sp³-hybridized carbons (Fsp3) is 0.909. The molecule has 0 radical (unpaired) electrons. The van der Waals surface area contributed by atoms with Crippen LogP contribution < -0.4 is 0 Å². The highest BCUT2D eigenvalue weighted by molar-refractivity contribution is 5.84. The molecule has 2 nitrogen and oxygen atoms in total. The number of carbonyl (C=O) groups excluding carboxylic acids is 1. The van der Waals surface area contributed by atoms with Gasteiger partial charge >= 0.3 is 0 Å². The summed E-state index contributed by atoms with van der Waals surface area (Å²) in [4.78, 5) is 11.8. The van der Waals surface area contributed by atoms with E-state index in [2.05, 4.69) is 6.92 Å². The average molecular weight is 180 g/mol. The summed E-state index contributed by atoms with van der Waals surface area (Å²) in [6.45, 7) is 2.26. The Morgan fingerprint density at radius 2 is 2.38 bits per heavy atom. The molecule has 3 fully saturated rings. The maximum Gasteiger partial charge on any atom is 0.141 e. The number of rotatable bonds is 0. The van der Waals surface area contributed by atoms with E-state index >= 15 is 0 Å². The van der Waals surface area contributed by atoms with Crippen molar-refractivity contribution in [3.63, 3.8) is 0 Å². The number of hydrogen-bond acceptors (Lipinski definition) is 2. The van der Waals surface area contributed by atoms with E-state index in [1.165, 1.54) is 6.42 Å². The van der Waals surface area contributed by atoms with E-state index in [1.807, 2.05) is 0 Å². The number of ketones is 1. The minimum atomic E-state index is -0.0139. The predicted octanol–water partition coefficient (Wildman–Crippen LogP) is 1.92. The summed E-state index contributed by atoms with van der Waals surface area (Å²) < 4.78 is 6.07. The van der Waals surface area contributed by atoms with Gasteiger partial charge in [-0.3, -0.25) is 4.79 Å². The first kappa shape index (κ1) is 7.98. The van der Waals surface area contributed by atoms with Crippen LogP contribution in [0.5, 0.6) is 0 Å². The van der Waals surface area contributed by atoms with Crippen LogP contribution >= 0.6 is 0 Å². The van der Waals surface area contributed by atoms with Gasteiger partial charge in [0.1, 0.15) is 5.78 Å². The van der Waals surface area contributed by atoms with Gasteiger partial charge in [-0.05, 0) is 31.6 Å². The first-order valence-electron chi connectivity index (χ1n) is 5.43. The van der Waals surface area contributed by atoms with E-state index in [-0.39, 0.29) is 17.6 Å². The summed E-state index contributed by atoms with van der Waals surface area (Å²) >= 11 is 0. The van der Waals surface area contributed by atoms with Crippen LogP contribution in [0.15, 0.2) is 0 Å². The van der Waals surface area contributed by atoms with Crippen molar-refractivity contribution in [3.8, 4) is 0 Å². The van der Waals surface area contributed by atoms with Crippen LogP contribution in [0.1, 0.15) is 39.0 Å². The summed E-state index contributed by atoms with van der Waals surface area (Å²) in [6.07, 6.45) is 5.46. The molecule has 1 aliphatic carbocycles. The minimum Gasteiger partial charge on any atom is -0.370 e. The molecule has 2 heteroatoms. The van der Waals surface area contributed by atoms with Crippen LogP contribution in [0, 0.1) is 11.8 Å². The lowest BCUT2D eigenvalue weighted by atomic mass is 9.79. The van der Waals surface area contributed by atoms with Crippen LogP contribution in [0.25, 0.3) is 0 Å². The third-order valence-corrected chi connectivity index (χ3v) is 4.30. The molecule has 2 saturated heterocycles. The quantitative estimate of drug-likeness (QED) is 0.569. The van der Waals surface area contributed by atoms with Gasteiger partial charge in [-0.15, -0.1) is 0 Å². The zero-order valence-corrected chi connectivity index (χ0v) is 8.08. The molecule has 1 saturated carbocycles. The smallest absolute Gasteiger partial charge is 0.141 e. The predicted molar refractivity (Wildman–Crippen MR) is 48.4 cm³/mol. The van der Waals surface area contributed by atoms with Crippen molar-refractivity contribution in [2.45, 2.75) is 50.7 Å². The lowest BCUT2D eigenvalue weighted by Crippen LogP contribution is -2.45. The van der Waals surface area contributed by atoms with E-state index < -0.39 is 0 Å². The Morgan fingerprint density at radius 3 is 3.23 bits per heavy atom. The Kier molecular flexibility index (Phi) is 1.44. The fourth-order valence-electron chi connectivity index (χ4n) is 3.73. The van der Waals surface area contributed by atoms with Crippen molar-refractivity contribution in [2.24, 2.45) is 11.8 Å². The van der Waals surface area contributed by atoms with Crippen LogP contribution in [0.4, 0.5) is 0 Å². The molecular formula is C11H16O2. The maximum atomic E-state index is 11.8. The molecule has 0 amide bonds. The standard InChI is InChI=1S/C11H16O2/c1-7-5-8-6-10(12)9-3-2-4-11(7,9)13-8/h7-9H,2-6H2,1H3/t7-,8-,9-,11+/m0/s1. The van der Waals surface area contributed by atoms with Crippen molar-refractivity contribution in [3.05, 3.63) is 0 Å². The minimum absolute atomic E-state index is 0.0139. The first-order valence-corrected chi connectivity index (χ1v) is 5.43. The summed E-state index contributed by atoms with van der Waals surface area (Å²) in [5.74, 6) is 1.34. The third kappa shape index (κ3) is 0.850. The molecule has 2 aliphatic heterocycles. The average Bonchev–Trinajstić information content (AvgIpc) is 2.58. The van der Waals surface area contributed by atoms with Gasteiger partial charge in [-0.2, -0.15) is 0 Å². The number of ether oxygens (including phenoxy) is 1. The topological polar surface area (TPSA) is 26.3 Å². The summed E-state index contributed by atoms with van der Waals surface area (Å²) in [5.41, 5.74) is -0.0139. The number of Topliss-reactive ketones (excluding diaryl/α,β-unsaturated/α-hetero) is 1. The molecule has 0 unspecified atom stereocenters. The largest absolute Gasteiger partial charge is 0.370 e. The second kappa shape index (κ2) is 2.35. The van der Waals surface area contributed by atoms with Crippen molar-refractivity contribution in [1.29, 1.82) is 0 Å². The molecule has 2 bridgehead atoms. The zero-order chi connectivity index (χ0) is 9.05. The molecule has 0 aromatic carbocycles. The van der Waals surface area contributed by atoms with Crippen LogP contribution in [-0.4, -0.2) is 17.5 Å². The summed E-state index contributed by atoms with van der Waals surface area (Å²) in [6, 6.07) is 0. The van der Waals surface area contributed by atoms with E-state index in [9.17, 15) is 4.79 Å². The van der Waals surface area contributed by atoms with E-state index in [4.69, 9.17) is 4.74 Å². The van der Waals surface area contributed by atoms with Gasteiger partial charge in [0.15, 0.2) is 0 Å². The molecule has 13 heavy (non-hydrogen) atoms. The van der Waals surface area contributed by atoms with Gasteiger partial charge in [-0.1, -0.05) is 6.92 Å². The van der Waals surface area contributed by atoms with Crippen molar-refractivity contribution < 1.29 is 9.53 Å². The normalized spacial score (nSPS) is 53.9. The molecule has 72 valence electrons. The van der Waals surface area contributed by atoms with Crippen LogP contribution in [-0.2, 0) is 9.53 Å². The monoisotopic (exact) mass is 180 g/mol. The molecule has 0 aromatic rings. The Balaban J connectivity index is 2.04. The fourth-order valence-corrected chi connectivity index (χ4v) is 3.73. The molecule has 3 rings (SSSR count). The van der Waals surface area contributed by atoms with Crippen LogP contribution in [0.2, 0.25) is 0 Å². The van der Waals surface area contributed by atoms with E-state index in [0.717, 1.165) is 19.3 Å². The third-order valence-electron chi connectivity index (χ3n) is 4.30. The highest BCUT2D eigenvalue weighted by Gasteiger charge is 2.59. The number of hydrogen-bond donors (Lipinski definition) is 0. The van der Waals surface area contributed by atoms with E-state index in [0.29, 0.717) is 18.1 Å². The molecule has 4 atom stereocenters. The lowest BCUT2D eigenvalue weighted by Gasteiger charge is -2.37. The Hall–Kier alpha value is -0.370. The Morgan fingerprint density at radius 1 is 1.54 bits per heavy atom. The van der Waals surface area contributed by atoms with Crippen LogP contribution in [0.3, 0.4) is 0 Å². The number of fused-ring (bicyclic) bond motifs is 1. The molecule has 3 aliphatic rings. The van der Waals surface area contributed by atoms with Gasteiger partial charge in [0, 0.05) is 12.3 Å². The van der Waals surface area contributed by atoms with E-state index in [1.54, 1.807) is 0 Å². The van der Waals surface area contributed by atoms with Crippen molar-refractivity contribution in [2.75, 3.05) is 0 Å². The first-order chi connectivity index (χ1) is 6.22. The molecule has 0 N–H and O–H groups in total. The summed E-state index contributed by atoms with van der Waals surface area (Å²) in [5, 5.41) is 0. The molecule has 2 heterocycles. The summed E-state index contributed by atoms with van der Waals surface area (Å²) in [7, 11) is 0. The lowest BCUT2D eigenvalue weighted by molar-refractivity contribution is -0.153. The Bertz CT molecular complexity index is 261. The zero-order valence-electron chi connectivity index (χ0n) is 8.08. The van der Waals surface area contributed by atoms with Gasteiger partial charge in [0.2, 0.25) is 0 Å². The maximum absolute atomic E-state index is 11.8. The second-order valence-electron chi connectivity index (χ2n) is 4.95. The Labute approximate surface area is 78.6 Å². The van der Waals surface area contributed by atoms with Gasteiger partial charge in [-0.25, -0.2) is 0 Å². The molecule has 1 spiro atoms. The highest BCUT2D eigenvalue weighted by Crippen LogP contribution is 2.54. The molecular weight excluding hydrogens is 164 g/mol.